The van der Waals surface area contributed by atoms with E-state index >= 15 is 0 Å². The van der Waals surface area contributed by atoms with Crippen molar-refractivity contribution < 1.29 is 4.79 Å². The molecule has 1 radical (unpaired) electrons. The van der Waals surface area contributed by atoms with Crippen molar-refractivity contribution in [2.24, 2.45) is 0 Å². The smallest absolute Gasteiger partial charge is 0.213 e. The van der Waals surface area contributed by atoms with Gasteiger partial charge in [0.2, 0.25) is 6.29 Å². The Hall–Kier alpha value is -0.450. The molecule has 0 amide bonds. The lowest BCUT2D eigenvalue weighted by atomic mass is 10.3. The molecule has 1 fully saturated rings. The molecule has 0 unspecified atom stereocenters. The van der Waals surface area contributed by atoms with Crippen molar-refractivity contribution in [1.82, 2.24) is 14.7 Å². The van der Waals surface area contributed by atoms with Crippen LogP contribution in [-0.2, 0) is 4.79 Å². The van der Waals surface area contributed by atoms with Gasteiger partial charge in [-0.25, -0.2) is 0 Å². The molecule has 1 aliphatic rings. The molecule has 0 aromatic carbocycles. The zero-order valence-corrected chi connectivity index (χ0v) is 9.20. The minimum atomic E-state index is 0.474. The van der Waals surface area contributed by atoms with E-state index in [1.165, 1.54) is 0 Å². The van der Waals surface area contributed by atoms with E-state index in [0.717, 1.165) is 39.3 Å². The third-order valence-electron chi connectivity index (χ3n) is 2.62. The first-order chi connectivity index (χ1) is 6.72. The predicted molar refractivity (Wildman–Crippen MR) is 57.1 cm³/mol. The fourth-order valence-corrected chi connectivity index (χ4v) is 1.60. The maximum absolute atomic E-state index is 10.2. The summed E-state index contributed by atoms with van der Waals surface area (Å²) in [6.07, 6.45) is 1.95. The topological polar surface area (TPSA) is 26.8 Å². The van der Waals surface area contributed by atoms with E-state index in [9.17, 15) is 4.79 Å². The first-order valence-corrected chi connectivity index (χ1v) is 5.17. The molecular formula is C10H20N3O. The SMILES string of the molecule is CN(C)CCN1CCN(C[C]=O)CC1. The molecule has 0 saturated carbocycles. The molecule has 0 aromatic rings. The van der Waals surface area contributed by atoms with Gasteiger partial charge in [0.25, 0.3) is 0 Å². The first kappa shape index (κ1) is 11.6. The third-order valence-corrected chi connectivity index (χ3v) is 2.62. The Morgan fingerprint density at radius 1 is 1.14 bits per heavy atom. The van der Waals surface area contributed by atoms with Crippen LogP contribution < -0.4 is 0 Å². The van der Waals surface area contributed by atoms with Crippen LogP contribution in [0.4, 0.5) is 0 Å². The Balaban J connectivity index is 2.12. The van der Waals surface area contributed by atoms with Crippen LogP contribution in [0.3, 0.4) is 0 Å². The number of likely N-dealkylation sites (N-methyl/N-ethyl adjacent to an activating group) is 1. The van der Waals surface area contributed by atoms with Gasteiger partial charge in [0.1, 0.15) is 0 Å². The van der Waals surface area contributed by atoms with Gasteiger partial charge in [-0.1, -0.05) is 0 Å². The third kappa shape index (κ3) is 4.17. The molecule has 1 saturated heterocycles. The summed E-state index contributed by atoms with van der Waals surface area (Å²) in [5.41, 5.74) is 0. The van der Waals surface area contributed by atoms with E-state index in [0.29, 0.717) is 6.54 Å². The van der Waals surface area contributed by atoms with Crippen LogP contribution in [0.5, 0.6) is 0 Å². The molecule has 0 N–H and O–H groups in total. The van der Waals surface area contributed by atoms with E-state index in [1.54, 1.807) is 0 Å². The summed E-state index contributed by atoms with van der Waals surface area (Å²) < 4.78 is 0. The van der Waals surface area contributed by atoms with E-state index in [2.05, 4.69) is 28.8 Å². The summed E-state index contributed by atoms with van der Waals surface area (Å²) in [5.74, 6) is 0. The highest BCUT2D eigenvalue weighted by Gasteiger charge is 2.15. The van der Waals surface area contributed by atoms with Crippen molar-refractivity contribution in [3.8, 4) is 0 Å². The second kappa shape index (κ2) is 6.11. The van der Waals surface area contributed by atoms with Crippen LogP contribution in [0, 0.1) is 0 Å². The van der Waals surface area contributed by atoms with Crippen LogP contribution in [0.1, 0.15) is 0 Å². The van der Waals surface area contributed by atoms with Crippen molar-refractivity contribution in [3.05, 3.63) is 0 Å². The summed E-state index contributed by atoms with van der Waals surface area (Å²) in [6, 6.07) is 0. The molecule has 4 nitrogen and oxygen atoms in total. The number of rotatable bonds is 5. The van der Waals surface area contributed by atoms with E-state index < -0.39 is 0 Å². The Labute approximate surface area is 86.5 Å². The van der Waals surface area contributed by atoms with E-state index in [-0.39, 0.29) is 0 Å². The first-order valence-electron chi connectivity index (χ1n) is 5.17. The second-order valence-corrected chi connectivity index (χ2v) is 4.07. The number of carbonyl (C=O) groups excluding carboxylic acids is 1. The largest absolute Gasteiger partial charge is 0.308 e. The highest BCUT2D eigenvalue weighted by molar-refractivity contribution is 5.53. The lowest BCUT2D eigenvalue weighted by Gasteiger charge is -2.33. The summed E-state index contributed by atoms with van der Waals surface area (Å²) in [4.78, 5) is 17.0. The molecule has 1 rings (SSSR count). The fraction of sp³-hybridized carbons (Fsp3) is 0.900. The van der Waals surface area contributed by atoms with Crippen molar-refractivity contribution in [2.75, 3.05) is 59.9 Å². The molecule has 14 heavy (non-hydrogen) atoms. The normalized spacial score (nSPS) is 20.2. The number of hydrogen-bond acceptors (Lipinski definition) is 4. The van der Waals surface area contributed by atoms with Gasteiger partial charge in [-0.2, -0.15) is 0 Å². The van der Waals surface area contributed by atoms with Crippen LogP contribution in [-0.4, -0.2) is 80.9 Å². The van der Waals surface area contributed by atoms with Crippen LogP contribution in [0.15, 0.2) is 0 Å². The van der Waals surface area contributed by atoms with Crippen molar-refractivity contribution in [2.45, 2.75) is 0 Å². The van der Waals surface area contributed by atoms with Gasteiger partial charge < -0.3 is 4.90 Å². The second-order valence-electron chi connectivity index (χ2n) is 4.07. The molecular weight excluding hydrogens is 178 g/mol. The Morgan fingerprint density at radius 2 is 1.71 bits per heavy atom. The molecule has 0 atom stereocenters. The number of nitrogens with zero attached hydrogens (tertiary/aromatic N) is 3. The minimum absolute atomic E-state index is 0.474. The van der Waals surface area contributed by atoms with Gasteiger partial charge in [-0.3, -0.25) is 14.6 Å². The maximum atomic E-state index is 10.2. The number of piperazine rings is 1. The van der Waals surface area contributed by atoms with Crippen LogP contribution >= 0.6 is 0 Å². The molecule has 81 valence electrons. The monoisotopic (exact) mass is 198 g/mol. The van der Waals surface area contributed by atoms with Crippen molar-refractivity contribution >= 4 is 6.29 Å². The van der Waals surface area contributed by atoms with E-state index in [1.807, 2.05) is 6.29 Å². The molecule has 0 spiro atoms. The van der Waals surface area contributed by atoms with Gasteiger partial charge in [0.05, 0.1) is 6.54 Å². The fourth-order valence-electron chi connectivity index (χ4n) is 1.60. The lowest BCUT2D eigenvalue weighted by molar-refractivity contribution is 0.137. The van der Waals surface area contributed by atoms with E-state index in [4.69, 9.17) is 0 Å². The molecule has 1 heterocycles. The van der Waals surface area contributed by atoms with Crippen molar-refractivity contribution in [3.63, 3.8) is 0 Å². The standard InChI is InChI=1S/C10H20N3O/c1-11(2)3-4-12-5-7-13(8-6-12)9-10-14/h3-9H2,1-2H3. The summed E-state index contributed by atoms with van der Waals surface area (Å²) in [6.45, 7) is 6.88. The highest BCUT2D eigenvalue weighted by Crippen LogP contribution is 1.99. The molecule has 1 aliphatic heterocycles. The van der Waals surface area contributed by atoms with Gasteiger partial charge in [-0.15, -0.1) is 0 Å². The summed E-state index contributed by atoms with van der Waals surface area (Å²) in [5, 5.41) is 0. The average Bonchev–Trinajstić information content (AvgIpc) is 2.17. The zero-order chi connectivity index (χ0) is 10.4. The summed E-state index contributed by atoms with van der Waals surface area (Å²) >= 11 is 0. The van der Waals surface area contributed by atoms with Crippen molar-refractivity contribution in [1.29, 1.82) is 0 Å². The quantitative estimate of drug-likeness (QED) is 0.582. The lowest BCUT2D eigenvalue weighted by Crippen LogP contribution is -2.48. The average molecular weight is 198 g/mol. The Bertz CT molecular complexity index is 165. The minimum Gasteiger partial charge on any atom is -0.308 e. The predicted octanol–water partition coefficient (Wildman–Crippen LogP) is -0.725. The Morgan fingerprint density at radius 3 is 2.21 bits per heavy atom. The number of hydrogen-bond donors (Lipinski definition) is 0. The van der Waals surface area contributed by atoms with Gasteiger partial charge >= 0.3 is 0 Å². The highest BCUT2D eigenvalue weighted by atomic mass is 16.1. The van der Waals surface area contributed by atoms with Crippen LogP contribution in [0.2, 0.25) is 0 Å². The van der Waals surface area contributed by atoms with Gasteiger partial charge in [-0.05, 0) is 14.1 Å². The summed E-state index contributed by atoms with van der Waals surface area (Å²) in [7, 11) is 4.19. The maximum Gasteiger partial charge on any atom is 0.213 e. The molecule has 0 aliphatic carbocycles. The zero-order valence-electron chi connectivity index (χ0n) is 9.20. The molecule has 0 aromatic heterocycles. The van der Waals surface area contributed by atoms with Gasteiger partial charge in [0, 0.05) is 39.3 Å². The van der Waals surface area contributed by atoms with Crippen LogP contribution in [0.25, 0.3) is 0 Å². The van der Waals surface area contributed by atoms with Gasteiger partial charge in [0.15, 0.2) is 0 Å². The molecule has 0 bridgehead atoms. The Kier molecular flexibility index (Phi) is 5.07. The molecule has 4 heteroatoms.